The predicted molar refractivity (Wildman–Crippen MR) is 201 cm³/mol. The highest BCUT2D eigenvalue weighted by molar-refractivity contribution is 6.04. The molecule has 1 N–H and O–H groups in total. The Balaban J connectivity index is 0.797. The second-order valence-corrected chi connectivity index (χ2v) is 15.3. The molecule has 2 amide bonds. The molecule has 9 rings (SSSR count). The Labute approximate surface area is 309 Å². The molecule has 2 saturated carbocycles. The van der Waals surface area contributed by atoms with Crippen LogP contribution in [0, 0.1) is 5.41 Å². The van der Waals surface area contributed by atoms with Crippen LogP contribution in [0.1, 0.15) is 84.1 Å². The van der Waals surface area contributed by atoms with Gasteiger partial charge in [0.25, 0.3) is 11.8 Å². The minimum Gasteiger partial charge on any atom is -0.497 e. The van der Waals surface area contributed by atoms with Crippen molar-refractivity contribution in [1.29, 1.82) is 0 Å². The summed E-state index contributed by atoms with van der Waals surface area (Å²) in [5, 5.41) is 3.50. The average molecular weight is 719 g/mol. The molecule has 0 radical (unpaired) electrons. The third kappa shape index (κ3) is 6.66. The molecule has 3 aromatic carbocycles. The first-order valence-corrected chi connectivity index (χ1v) is 19.0. The standard InChI is InChI=1S/C42H46N4O7/c1-49-30-8-6-26(7-9-30)27-16-28-22-43-34-19-37(36(50-2)17-32(34)40(47)45(28)24-27)51-14-4-3-5-15-52-38-20-35-33(18-39(38)53-31-10-11-31)41(48)46-25-42(12-13-42)21-29(46)23-44-35/h6-9,17-20,23-24,28-29,31,43H,3-5,10-16,21-22,25H2,1-2H3/t28-,29-/m0/s1. The van der Waals surface area contributed by atoms with Gasteiger partial charge < -0.3 is 38.8 Å². The fourth-order valence-electron chi connectivity index (χ4n) is 8.05. The van der Waals surface area contributed by atoms with Crippen LogP contribution in [-0.2, 0) is 0 Å². The third-order valence-corrected chi connectivity index (χ3v) is 11.5. The van der Waals surface area contributed by atoms with Crippen LogP contribution < -0.4 is 29.0 Å². The largest absolute Gasteiger partial charge is 0.497 e. The molecule has 276 valence electrons. The number of anilines is 1. The molecule has 3 aromatic rings. The summed E-state index contributed by atoms with van der Waals surface area (Å²) in [6.07, 6.45) is 12.8. The molecule has 2 atom stereocenters. The molecule has 2 aliphatic carbocycles. The lowest BCUT2D eigenvalue weighted by atomic mass is 10.0. The van der Waals surface area contributed by atoms with Crippen LogP contribution in [0.25, 0.3) is 5.57 Å². The average Bonchev–Trinajstić information content (AvgIpc) is 4.09. The fourth-order valence-corrected chi connectivity index (χ4v) is 8.05. The molecule has 53 heavy (non-hydrogen) atoms. The fraction of sp³-hybridized carbons (Fsp3) is 0.452. The van der Waals surface area contributed by atoms with Gasteiger partial charge in [0.2, 0.25) is 0 Å². The highest BCUT2D eigenvalue weighted by Gasteiger charge is 2.53. The minimum atomic E-state index is -0.0613. The molecule has 1 spiro atoms. The van der Waals surface area contributed by atoms with E-state index in [-0.39, 0.29) is 30.0 Å². The molecule has 4 heterocycles. The summed E-state index contributed by atoms with van der Waals surface area (Å²) >= 11 is 0. The molecule has 0 aromatic heterocycles. The molecule has 0 bridgehead atoms. The quantitative estimate of drug-likeness (QED) is 0.184. The molecule has 1 saturated heterocycles. The Bertz CT molecular complexity index is 1980. The van der Waals surface area contributed by atoms with Gasteiger partial charge in [0, 0.05) is 37.6 Å². The first kappa shape index (κ1) is 33.6. The number of methoxy groups -OCH3 is 2. The predicted octanol–water partition coefficient (Wildman–Crippen LogP) is 7.26. The highest BCUT2D eigenvalue weighted by Crippen LogP contribution is 2.55. The SMILES string of the molecule is COc1ccc(C2=CN3C(=O)c4cc(OC)c(OCCCCCOc5cc6c(cc5OC5CC5)C(=O)N5CC7(CC7)C[C@H]5C=N6)cc4NC[C@@H]3C2)cc1. The van der Waals surface area contributed by atoms with E-state index in [4.69, 9.17) is 28.7 Å². The van der Waals surface area contributed by atoms with Gasteiger partial charge in [-0.2, -0.15) is 0 Å². The number of ether oxygens (including phenoxy) is 5. The van der Waals surface area contributed by atoms with E-state index < -0.39 is 0 Å². The lowest BCUT2D eigenvalue weighted by Crippen LogP contribution is -2.35. The van der Waals surface area contributed by atoms with Crippen molar-refractivity contribution in [3.8, 4) is 28.7 Å². The zero-order valence-corrected chi connectivity index (χ0v) is 30.4. The Kier molecular flexibility index (Phi) is 8.67. The Morgan fingerprint density at radius 1 is 0.849 bits per heavy atom. The normalized spacial score (nSPS) is 21.8. The van der Waals surface area contributed by atoms with E-state index in [9.17, 15) is 9.59 Å². The van der Waals surface area contributed by atoms with Crippen molar-refractivity contribution in [2.75, 3.05) is 45.8 Å². The molecule has 3 fully saturated rings. The molecule has 4 aliphatic heterocycles. The van der Waals surface area contributed by atoms with Crippen LogP contribution in [-0.4, -0.2) is 86.5 Å². The van der Waals surface area contributed by atoms with Crippen LogP contribution in [0.3, 0.4) is 0 Å². The zero-order chi connectivity index (χ0) is 36.1. The molecule has 6 aliphatic rings. The van der Waals surface area contributed by atoms with E-state index in [0.29, 0.717) is 65.0 Å². The van der Waals surface area contributed by atoms with Crippen molar-refractivity contribution in [3.63, 3.8) is 0 Å². The maximum atomic E-state index is 13.8. The van der Waals surface area contributed by atoms with Crippen molar-refractivity contribution in [3.05, 3.63) is 71.4 Å². The third-order valence-electron chi connectivity index (χ3n) is 11.5. The van der Waals surface area contributed by atoms with Crippen LogP contribution in [0.15, 0.2) is 59.7 Å². The maximum absolute atomic E-state index is 13.8. The van der Waals surface area contributed by atoms with Gasteiger partial charge in [0.05, 0.1) is 68.1 Å². The van der Waals surface area contributed by atoms with Gasteiger partial charge in [-0.3, -0.25) is 14.6 Å². The number of rotatable bonds is 13. The first-order valence-electron chi connectivity index (χ1n) is 19.0. The van der Waals surface area contributed by atoms with E-state index in [2.05, 4.69) is 5.32 Å². The second kappa shape index (κ2) is 13.7. The minimum absolute atomic E-state index is 0.00882. The summed E-state index contributed by atoms with van der Waals surface area (Å²) in [7, 11) is 3.25. The number of carbonyl (C=O) groups is 2. The summed E-state index contributed by atoms with van der Waals surface area (Å²) in [5.41, 5.74) is 5.08. The number of hydrogen-bond acceptors (Lipinski definition) is 9. The van der Waals surface area contributed by atoms with Crippen molar-refractivity contribution < 1.29 is 33.3 Å². The van der Waals surface area contributed by atoms with Crippen LogP contribution >= 0.6 is 0 Å². The second-order valence-electron chi connectivity index (χ2n) is 15.3. The monoisotopic (exact) mass is 718 g/mol. The van der Waals surface area contributed by atoms with Gasteiger partial charge in [0.15, 0.2) is 23.0 Å². The number of hydrogen-bond donors (Lipinski definition) is 1. The smallest absolute Gasteiger partial charge is 0.260 e. The summed E-state index contributed by atoms with van der Waals surface area (Å²) in [6.45, 7) is 2.45. The Morgan fingerprint density at radius 2 is 1.60 bits per heavy atom. The summed E-state index contributed by atoms with van der Waals surface area (Å²) < 4.78 is 29.7. The summed E-state index contributed by atoms with van der Waals surface area (Å²) in [6, 6.07) is 15.4. The lowest BCUT2D eigenvalue weighted by Gasteiger charge is -2.21. The molecule has 0 unspecified atom stereocenters. The summed E-state index contributed by atoms with van der Waals surface area (Å²) in [4.78, 5) is 36.0. The van der Waals surface area contributed by atoms with E-state index in [1.54, 1.807) is 20.3 Å². The van der Waals surface area contributed by atoms with E-state index in [1.165, 1.54) is 12.8 Å². The van der Waals surface area contributed by atoms with Gasteiger partial charge in [-0.15, -0.1) is 0 Å². The van der Waals surface area contributed by atoms with Crippen LogP contribution in [0.2, 0.25) is 0 Å². The zero-order valence-electron chi connectivity index (χ0n) is 30.4. The van der Waals surface area contributed by atoms with Gasteiger partial charge in [0.1, 0.15) is 5.75 Å². The Hall–Kier alpha value is -5.19. The summed E-state index contributed by atoms with van der Waals surface area (Å²) in [5.74, 6) is 3.20. The molecule has 11 heteroatoms. The van der Waals surface area contributed by atoms with Crippen molar-refractivity contribution in [1.82, 2.24) is 9.80 Å². The number of benzene rings is 3. The number of nitrogens with one attached hydrogen (secondary N) is 1. The van der Waals surface area contributed by atoms with Gasteiger partial charge >= 0.3 is 0 Å². The van der Waals surface area contributed by atoms with Crippen molar-refractivity contribution >= 4 is 35.0 Å². The maximum Gasteiger partial charge on any atom is 0.260 e. The Morgan fingerprint density at radius 3 is 2.32 bits per heavy atom. The van der Waals surface area contributed by atoms with Crippen LogP contribution in [0.4, 0.5) is 11.4 Å². The molecular weight excluding hydrogens is 672 g/mol. The highest BCUT2D eigenvalue weighted by atomic mass is 16.5. The van der Waals surface area contributed by atoms with Crippen molar-refractivity contribution in [2.24, 2.45) is 10.4 Å². The first-order chi connectivity index (χ1) is 25.9. The topological polar surface area (TPSA) is 111 Å². The van der Waals surface area contributed by atoms with Gasteiger partial charge in [-0.1, -0.05) is 12.1 Å². The van der Waals surface area contributed by atoms with Crippen molar-refractivity contribution in [2.45, 2.75) is 76.0 Å². The van der Waals surface area contributed by atoms with E-state index in [0.717, 1.165) is 74.1 Å². The molecule has 11 nitrogen and oxygen atoms in total. The number of carbonyl (C=O) groups excluding carboxylic acids is 2. The molecular formula is C42H46N4O7. The number of unbranched alkanes of at least 4 members (excludes halogenated alkanes) is 2. The number of aliphatic imine (C=N–C) groups is 1. The van der Waals surface area contributed by atoms with E-state index in [1.807, 2.05) is 64.7 Å². The number of nitrogens with zero attached hydrogens (tertiary/aromatic N) is 3. The van der Waals surface area contributed by atoms with Gasteiger partial charge in [-0.05, 0) is 98.6 Å². The number of fused-ring (bicyclic) bond motifs is 4. The van der Waals surface area contributed by atoms with E-state index >= 15 is 0 Å². The lowest BCUT2D eigenvalue weighted by molar-refractivity contribution is 0.0765. The number of amides is 2. The van der Waals surface area contributed by atoms with Crippen LogP contribution in [0.5, 0.6) is 28.7 Å². The van der Waals surface area contributed by atoms with Gasteiger partial charge in [-0.25, -0.2) is 0 Å².